The topological polar surface area (TPSA) is 66.8 Å². The van der Waals surface area contributed by atoms with Gasteiger partial charge in [0.2, 0.25) is 5.91 Å². The van der Waals surface area contributed by atoms with E-state index in [0.29, 0.717) is 6.54 Å². The molecule has 4 fully saturated rings. The van der Waals surface area contributed by atoms with Gasteiger partial charge in [-0.3, -0.25) is 9.69 Å². The lowest BCUT2D eigenvalue weighted by Crippen LogP contribution is -2.62. The summed E-state index contributed by atoms with van der Waals surface area (Å²) in [6.45, 7) is 2.74. The molecule has 0 radical (unpaired) electrons. The van der Waals surface area contributed by atoms with Crippen LogP contribution in [0.4, 0.5) is 10.5 Å². The van der Waals surface area contributed by atoms with Gasteiger partial charge in [0.15, 0.2) is 0 Å². The van der Waals surface area contributed by atoms with Crippen molar-refractivity contribution in [3.8, 4) is 11.4 Å². The number of amides is 3. The zero-order chi connectivity index (χ0) is 28.8. The number of nitrogens with zero attached hydrogens (tertiary/aromatic N) is 3. The Balaban J connectivity index is 1.20. The summed E-state index contributed by atoms with van der Waals surface area (Å²) in [6.07, 6.45) is 11.1. The van der Waals surface area contributed by atoms with Crippen molar-refractivity contribution in [2.75, 3.05) is 25.1 Å². The number of aromatic nitrogens is 1. The van der Waals surface area contributed by atoms with Crippen LogP contribution in [0.1, 0.15) is 75.6 Å². The van der Waals surface area contributed by atoms with E-state index in [2.05, 4.69) is 35.1 Å². The highest BCUT2D eigenvalue weighted by Crippen LogP contribution is 2.55. The highest BCUT2D eigenvalue weighted by molar-refractivity contribution is 6.00. The summed E-state index contributed by atoms with van der Waals surface area (Å²) >= 11 is 0. The molecular formula is C35H42N4O3. The Morgan fingerprint density at radius 2 is 1.60 bits per heavy atom. The molecule has 42 heavy (non-hydrogen) atoms. The largest absolute Gasteiger partial charge is 0.497 e. The SMILES string of the molecule is CCCCN(CC(=O)N1c2ccccc2-n2cccc2C1c1ccc(OC)cc1)C(=O)NC12CC3CC(CC(C3)C1)C2. The van der Waals surface area contributed by atoms with E-state index in [-0.39, 0.29) is 30.1 Å². The normalized spacial score (nSPS) is 26.9. The van der Waals surface area contributed by atoms with Crippen molar-refractivity contribution in [3.63, 3.8) is 0 Å². The molecule has 0 spiro atoms. The van der Waals surface area contributed by atoms with Gasteiger partial charge in [0.1, 0.15) is 18.3 Å². The molecule has 4 bridgehead atoms. The van der Waals surface area contributed by atoms with Crippen molar-refractivity contribution in [3.05, 3.63) is 78.1 Å². The molecule has 7 nitrogen and oxygen atoms in total. The Hall–Kier alpha value is -3.74. The van der Waals surface area contributed by atoms with Crippen LogP contribution in [0.25, 0.3) is 5.69 Å². The quantitative estimate of drug-likeness (QED) is 0.330. The first-order valence-electron chi connectivity index (χ1n) is 15.8. The number of unbranched alkanes of at least 4 members (excludes halogenated alkanes) is 1. The molecule has 3 aromatic rings. The number of rotatable bonds is 8. The Bertz CT molecular complexity index is 1430. The van der Waals surface area contributed by atoms with E-state index in [9.17, 15) is 9.59 Å². The van der Waals surface area contributed by atoms with E-state index < -0.39 is 0 Å². The number of carbonyl (C=O) groups excluding carboxylic acids is 2. The van der Waals surface area contributed by atoms with E-state index in [4.69, 9.17) is 4.74 Å². The standard InChI is InChI=1S/C35H42N4O3/c1-3-4-15-37(34(41)36-35-20-24-17-25(21-35)19-26(18-24)22-35)23-32(40)39-30-9-6-5-8-29(30)38-16-7-10-31(38)33(39)27-11-13-28(42-2)14-12-27/h5-14,16,24-26,33H,3-4,15,17-23H2,1-2H3,(H,36,41). The van der Waals surface area contributed by atoms with Crippen LogP contribution in [0, 0.1) is 17.8 Å². The van der Waals surface area contributed by atoms with Crippen LogP contribution in [-0.2, 0) is 4.79 Å². The summed E-state index contributed by atoms with van der Waals surface area (Å²) in [7, 11) is 1.66. The van der Waals surface area contributed by atoms with E-state index in [1.807, 2.05) is 53.4 Å². The van der Waals surface area contributed by atoms with Crippen molar-refractivity contribution in [2.24, 2.45) is 17.8 Å². The van der Waals surface area contributed by atoms with Gasteiger partial charge in [-0.2, -0.15) is 0 Å². The summed E-state index contributed by atoms with van der Waals surface area (Å²) in [6, 6.07) is 19.7. The predicted molar refractivity (Wildman–Crippen MR) is 164 cm³/mol. The Labute approximate surface area is 248 Å². The average molecular weight is 567 g/mol. The first-order chi connectivity index (χ1) is 20.5. The highest BCUT2D eigenvalue weighted by atomic mass is 16.5. The van der Waals surface area contributed by atoms with Crippen LogP contribution in [0.15, 0.2) is 66.9 Å². The second-order valence-corrected chi connectivity index (χ2v) is 13.1. The van der Waals surface area contributed by atoms with Crippen molar-refractivity contribution in [2.45, 2.75) is 69.9 Å². The van der Waals surface area contributed by atoms with Crippen molar-refractivity contribution >= 4 is 17.6 Å². The number of anilines is 1. The number of hydrogen-bond acceptors (Lipinski definition) is 3. The lowest BCUT2D eigenvalue weighted by Gasteiger charge is -2.57. The fourth-order valence-electron chi connectivity index (χ4n) is 8.77. The number of urea groups is 1. The molecule has 2 heterocycles. The summed E-state index contributed by atoms with van der Waals surface area (Å²) in [5.41, 5.74) is 3.74. The van der Waals surface area contributed by atoms with Gasteiger partial charge in [0.25, 0.3) is 0 Å². The van der Waals surface area contributed by atoms with Crippen LogP contribution < -0.4 is 15.0 Å². The number of nitrogens with one attached hydrogen (secondary N) is 1. The average Bonchev–Trinajstić information content (AvgIpc) is 3.48. The first-order valence-corrected chi connectivity index (χ1v) is 15.8. The van der Waals surface area contributed by atoms with Crippen LogP contribution in [0.5, 0.6) is 5.75 Å². The molecule has 5 aliphatic rings. The molecular weight excluding hydrogens is 524 g/mol. The number of fused-ring (bicyclic) bond motifs is 3. The molecule has 2 aromatic carbocycles. The second-order valence-electron chi connectivity index (χ2n) is 13.1. The zero-order valence-corrected chi connectivity index (χ0v) is 24.8. The van der Waals surface area contributed by atoms with E-state index in [1.165, 1.54) is 19.3 Å². The third-order valence-corrected chi connectivity index (χ3v) is 10.2. The summed E-state index contributed by atoms with van der Waals surface area (Å²) in [5.74, 6) is 2.93. The molecule has 0 saturated heterocycles. The van der Waals surface area contributed by atoms with Crippen molar-refractivity contribution in [1.29, 1.82) is 0 Å². The molecule has 7 heteroatoms. The zero-order valence-electron chi connectivity index (χ0n) is 24.8. The molecule has 1 aliphatic heterocycles. The summed E-state index contributed by atoms with van der Waals surface area (Å²) < 4.78 is 7.59. The molecule has 4 saturated carbocycles. The number of carbonyl (C=O) groups is 2. The van der Waals surface area contributed by atoms with Crippen LogP contribution in [0.3, 0.4) is 0 Å². The monoisotopic (exact) mass is 566 g/mol. The first kappa shape index (κ1) is 27.1. The Kier molecular flexibility index (Phi) is 6.99. The fourth-order valence-corrected chi connectivity index (χ4v) is 8.77. The molecule has 3 amide bonds. The summed E-state index contributed by atoms with van der Waals surface area (Å²) in [4.78, 5) is 32.2. The van der Waals surface area contributed by atoms with Gasteiger partial charge < -0.3 is 19.5 Å². The van der Waals surface area contributed by atoms with Crippen LogP contribution in [0.2, 0.25) is 0 Å². The summed E-state index contributed by atoms with van der Waals surface area (Å²) in [5, 5.41) is 3.53. The third kappa shape index (κ3) is 4.77. The van der Waals surface area contributed by atoms with Gasteiger partial charge in [0, 0.05) is 18.3 Å². The molecule has 1 atom stereocenters. The van der Waals surface area contributed by atoms with E-state index >= 15 is 0 Å². The number of ether oxygens (including phenoxy) is 1. The van der Waals surface area contributed by atoms with Gasteiger partial charge in [0.05, 0.1) is 24.2 Å². The molecule has 1 aromatic heterocycles. The van der Waals surface area contributed by atoms with Gasteiger partial charge in [-0.1, -0.05) is 37.6 Å². The Morgan fingerprint density at radius 3 is 2.24 bits per heavy atom. The fraction of sp³-hybridized carbons (Fsp3) is 0.486. The van der Waals surface area contributed by atoms with Crippen LogP contribution >= 0.6 is 0 Å². The Morgan fingerprint density at radius 1 is 0.929 bits per heavy atom. The molecule has 1 N–H and O–H groups in total. The van der Waals surface area contributed by atoms with Crippen molar-refractivity contribution < 1.29 is 14.3 Å². The maximum Gasteiger partial charge on any atom is 0.318 e. The number of methoxy groups -OCH3 is 1. The second kappa shape index (κ2) is 10.8. The number of benzene rings is 2. The smallest absolute Gasteiger partial charge is 0.318 e. The van der Waals surface area contributed by atoms with Gasteiger partial charge in [-0.15, -0.1) is 0 Å². The highest BCUT2D eigenvalue weighted by Gasteiger charge is 2.52. The molecule has 1 unspecified atom stereocenters. The molecule has 220 valence electrons. The third-order valence-electron chi connectivity index (χ3n) is 10.2. The predicted octanol–water partition coefficient (Wildman–Crippen LogP) is 6.70. The van der Waals surface area contributed by atoms with Crippen LogP contribution in [-0.4, -0.2) is 47.1 Å². The van der Waals surface area contributed by atoms with Gasteiger partial charge in [-0.05, 0) is 105 Å². The van der Waals surface area contributed by atoms with Crippen molar-refractivity contribution in [1.82, 2.24) is 14.8 Å². The minimum atomic E-state index is -0.326. The lowest BCUT2D eigenvalue weighted by atomic mass is 9.53. The molecule has 4 aliphatic carbocycles. The van der Waals surface area contributed by atoms with E-state index in [1.54, 1.807) is 12.0 Å². The van der Waals surface area contributed by atoms with Gasteiger partial charge >= 0.3 is 6.03 Å². The lowest BCUT2D eigenvalue weighted by molar-refractivity contribution is -0.119. The molecule has 8 rings (SSSR count). The maximum absolute atomic E-state index is 14.5. The number of para-hydroxylation sites is 2. The minimum absolute atomic E-state index is 0.0416. The van der Waals surface area contributed by atoms with E-state index in [0.717, 1.165) is 78.2 Å². The maximum atomic E-state index is 14.5. The minimum Gasteiger partial charge on any atom is -0.497 e. The van der Waals surface area contributed by atoms with Gasteiger partial charge in [-0.25, -0.2) is 4.79 Å². The number of hydrogen-bond donors (Lipinski definition) is 1.